The van der Waals surface area contributed by atoms with Crippen LogP contribution in [0.2, 0.25) is 0 Å². The van der Waals surface area contributed by atoms with Crippen molar-refractivity contribution in [3.8, 4) is 17.4 Å². The van der Waals surface area contributed by atoms with Gasteiger partial charge < -0.3 is 18.9 Å². The molecule has 186 valence electrons. The summed E-state index contributed by atoms with van der Waals surface area (Å²) in [6.45, 7) is 1.87. The van der Waals surface area contributed by atoms with Crippen LogP contribution in [-0.2, 0) is 28.0 Å². The first kappa shape index (κ1) is 23.6. The predicted molar refractivity (Wildman–Crippen MR) is 128 cm³/mol. The van der Waals surface area contributed by atoms with Gasteiger partial charge in [-0.15, -0.1) is 9.19 Å². The first-order chi connectivity index (χ1) is 17.3. The Balaban J connectivity index is 1.58. The van der Waals surface area contributed by atoms with Gasteiger partial charge in [0.15, 0.2) is 6.79 Å². The van der Waals surface area contributed by atoms with Crippen molar-refractivity contribution in [1.29, 1.82) is 0 Å². The number of methoxy groups -OCH3 is 1. The molecule has 0 unspecified atom stereocenters. The van der Waals surface area contributed by atoms with Gasteiger partial charge in [-0.1, -0.05) is 17.7 Å². The Bertz CT molecular complexity index is 1580. The number of benzene rings is 3. The molecule has 0 spiro atoms. The molecule has 0 fully saturated rings. The number of nitro groups is 1. The lowest BCUT2D eigenvalue weighted by Crippen LogP contribution is -2.15. The van der Waals surface area contributed by atoms with Gasteiger partial charge >= 0.3 is 0 Å². The second-order valence-corrected chi connectivity index (χ2v) is 9.87. The lowest BCUT2D eigenvalue weighted by Gasteiger charge is -2.20. The molecule has 0 saturated carbocycles. The van der Waals surface area contributed by atoms with Gasteiger partial charge in [0.25, 0.3) is 15.7 Å². The van der Waals surface area contributed by atoms with Crippen molar-refractivity contribution in [3.05, 3.63) is 81.4 Å². The number of ether oxygens (including phenoxy) is 4. The molecule has 1 aliphatic rings. The van der Waals surface area contributed by atoms with Crippen molar-refractivity contribution in [1.82, 2.24) is 9.19 Å². The Labute approximate surface area is 206 Å². The minimum atomic E-state index is -4.04. The molecule has 0 saturated heterocycles. The first-order valence-corrected chi connectivity index (χ1v) is 12.2. The van der Waals surface area contributed by atoms with Crippen LogP contribution >= 0.6 is 0 Å². The summed E-state index contributed by atoms with van der Waals surface area (Å²) >= 11 is 0. The summed E-state index contributed by atoms with van der Waals surface area (Å²) in [4.78, 5) is 11.0. The number of rotatable bonds is 7. The highest BCUT2D eigenvalue weighted by Gasteiger charge is 2.26. The van der Waals surface area contributed by atoms with E-state index in [0.717, 1.165) is 9.65 Å². The highest BCUT2D eigenvalue weighted by molar-refractivity contribution is 7.90. The van der Waals surface area contributed by atoms with E-state index in [-0.39, 0.29) is 42.0 Å². The molecule has 0 bridgehead atoms. The fraction of sp³-hybridized carbons (Fsp3) is 0.208. The van der Waals surface area contributed by atoms with E-state index in [9.17, 15) is 18.5 Å². The maximum Gasteiger partial charge on any atom is 0.283 e. The van der Waals surface area contributed by atoms with Crippen LogP contribution < -0.4 is 14.2 Å². The molecule has 1 aliphatic heterocycles. The molecule has 0 radical (unpaired) electrons. The molecule has 4 aromatic rings. The lowest BCUT2D eigenvalue weighted by atomic mass is 10.1. The number of fused-ring (bicyclic) bond motifs is 2. The maximum atomic E-state index is 13.4. The van der Waals surface area contributed by atoms with Crippen molar-refractivity contribution < 1.29 is 32.3 Å². The average Bonchev–Trinajstić information content (AvgIpc) is 3.25. The maximum absolute atomic E-state index is 13.4. The van der Waals surface area contributed by atoms with Crippen LogP contribution in [-0.4, -0.2) is 36.4 Å². The van der Waals surface area contributed by atoms with Crippen molar-refractivity contribution in [2.75, 3.05) is 13.9 Å². The summed E-state index contributed by atoms with van der Waals surface area (Å²) < 4.78 is 49.8. The van der Waals surface area contributed by atoms with Crippen molar-refractivity contribution >= 4 is 26.6 Å². The molecule has 36 heavy (non-hydrogen) atoms. The number of hydrogen-bond donors (Lipinski definition) is 0. The Morgan fingerprint density at radius 2 is 1.92 bits per heavy atom. The SMILES string of the molecule is COc1ccc2c(c1)c(OCc1cc([N+](=O)[O-])cc3c1OCOC3)nn2S(=O)(=O)c1ccc(C)cc1. The van der Waals surface area contributed by atoms with Gasteiger partial charge in [0.2, 0.25) is 5.88 Å². The van der Waals surface area contributed by atoms with E-state index in [1.54, 1.807) is 30.3 Å². The highest BCUT2D eigenvalue weighted by atomic mass is 32.2. The van der Waals surface area contributed by atoms with E-state index in [1.807, 2.05) is 6.92 Å². The Morgan fingerprint density at radius 1 is 1.14 bits per heavy atom. The van der Waals surface area contributed by atoms with E-state index in [0.29, 0.717) is 28.0 Å². The predicted octanol–water partition coefficient (Wildman–Crippen LogP) is 3.94. The monoisotopic (exact) mass is 511 g/mol. The van der Waals surface area contributed by atoms with Crippen molar-refractivity contribution in [3.63, 3.8) is 0 Å². The van der Waals surface area contributed by atoms with Gasteiger partial charge in [-0.3, -0.25) is 10.1 Å². The zero-order valence-electron chi connectivity index (χ0n) is 19.3. The zero-order valence-corrected chi connectivity index (χ0v) is 20.1. The highest BCUT2D eigenvalue weighted by Crippen LogP contribution is 2.35. The second-order valence-electron chi connectivity index (χ2n) is 8.10. The molecule has 0 amide bonds. The molecule has 11 nitrogen and oxygen atoms in total. The summed E-state index contributed by atoms with van der Waals surface area (Å²) in [5, 5.41) is 16.1. The van der Waals surface area contributed by atoms with Gasteiger partial charge in [-0.25, -0.2) is 0 Å². The quantitative estimate of drug-likeness (QED) is 0.267. The van der Waals surface area contributed by atoms with E-state index in [4.69, 9.17) is 18.9 Å². The molecule has 5 rings (SSSR count). The molecule has 3 aromatic carbocycles. The van der Waals surface area contributed by atoms with Gasteiger partial charge in [0.1, 0.15) is 18.1 Å². The fourth-order valence-corrected chi connectivity index (χ4v) is 5.19. The molecule has 1 aromatic heterocycles. The van der Waals surface area contributed by atoms with Gasteiger partial charge in [0, 0.05) is 23.3 Å². The van der Waals surface area contributed by atoms with Crippen LogP contribution in [0.1, 0.15) is 16.7 Å². The Kier molecular flexibility index (Phi) is 5.98. The van der Waals surface area contributed by atoms with Crippen LogP contribution in [0.3, 0.4) is 0 Å². The van der Waals surface area contributed by atoms with Crippen molar-refractivity contribution in [2.45, 2.75) is 25.0 Å². The molecule has 0 N–H and O–H groups in total. The summed E-state index contributed by atoms with van der Waals surface area (Å²) in [5.41, 5.74) is 2.00. The van der Waals surface area contributed by atoms with Gasteiger partial charge in [-0.2, -0.15) is 8.42 Å². The number of nitrogens with zero attached hydrogens (tertiary/aromatic N) is 3. The molecular weight excluding hydrogens is 490 g/mol. The van der Waals surface area contributed by atoms with E-state index in [1.165, 1.54) is 31.4 Å². The third-order valence-electron chi connectivity index (χ3n) is 5.72. The topological polar surface area (TPSA) is 132 Å². The number of nitro benzene ring substituents is 1. The minimum absolute atomic E-state index is 0.00135. The number of aromatic nitrogens is 2. The normalized spacial score (nSPS) is 13.2. The number of non-ortho nitro benzene ring substituents is 1. The minimum Gasteiger partial charge on any atom is -0.497 e. The lowest BCUT2D eigenvalue weighted by molar-refractivity contribution is -0.385. The smallest absolute Gasteiger partial charge is 0.283 e. The second kappa shape index (κ2) is 9.13. The number of aryl methyl sites for hydroxylation is 1. The van der Waals surface area contributed by atoms with E-state index >= 15 is 0 Å². The molecule has 12 heteroatoms. The largest absolute Gasteiger partial charge is 0.497 e. The van der Waals surface area contributed by atoms with Crippen LogP contribution in [0.25, 0.3) is 10.9 Å². The summed E-state index contributed by atoms with van der Waals surface area (Å²) in [6.07, 6.45) is 0. The Hall–Kier alpha value is -4.16. The van der Waals surface area contributed by atoms with Crippen LogP contribution in [0.5, 0.6) is 17.4 Å². The fourth-order valence-electron chi connectivity index (χ4n) is 3.91. The third kappa shape index (κ3) is 4.20. The van der Waals surface area contributed by atoms with E-state index in [2.05, 4.69) is 5.10 Å². The van der Waals surface area contributed by atoms with Crippen molar-refractivity contribution in [2.24, 2.45) is 0 Å². The van der Waals surface area contributed by atoms with Gasteiger partial charge in [0.05, 0.1) is 34.4 Å². The van der Waals surface area contributed by atoms with Crippen LogP contribution in [0, 0.1) is 17.0 Å². The zero-order chi connectivity index (χ0) is 25.4. The molecule has 0 aliphatic carbocycles. The molecular formula is C24H21N3O8S. The average molecular weight is 512 g/mol. The van der Waals surface area contributed by atoms with Crippen LogP contribution in [0.15, 0.2) is 59.5 Å². The first-order valence-electron chi connectivity index (χ1n) is 10.8. The van der Waals surface area contributed by atoms with E-state index < -0.39 is 14.9 Å². The summed E-state index contributed by atoms with van der Waals surface area (Å²) in [7, 11) is -2.55. The standard InChI is InChI=1S/C24H21N3O8S/c1-15-3-6-20(7-4-15)36(30,31)26-22-8-5-19(32-2)11-21(22)24(25-26)34-13-17-10-18(27(28)29)9-16-12-33-14-35-23(16)17/h3-11H,12-14H2,1-2H3. The summed E-state index contributed by atoms with van der Waals surface area (Å²) in [5.74, 6) is 0.931. The summed E-state index contributed by atoms with van der Waals surface area (Å²) in [6, 6.07) is 14.0. The Morgan fingerprint density at radius 3 is 2.64 bits per heavy atom. The van der Waals surface area contributed by atoms with Gasteiger partial charge in [-0.05, 0) is 37.3 Å². The molecule has 0 atom stereocenters. The third-order valence-corrected chi connectivity index (χ3v) is 7.32. The number of hydrogen-bond acceptors (Lipinski definition) is 9. The van der Waals surface area contributed by atoms with Crippen LogP contribution in [0.4, 0.5) is 5.69 Å². The molecule has 2 heterocycles.